The molecular weight excluding hydrogens is 346 g/mol. The number of hydrogen-bond acceptors (Lipinski definition) is 5. The Kier molecular flexibility index (Phi) is 5.06. The molecule has 7 heteroatoms. The molecule has 26 heavy (non-hydrogen) atoms. The first-order valence-electron chi connectivity index (χ1n) is 9.41. The number of fused-ring (bicyclic) bond motifs is 1. The second kappa shape index (κ2) is 7.61. The summed E-state index contributed by atoms with van der Waals surface area (Å²) in [4.78, 5) is 23.9. The number of anilines is 2. The summed E-state index contributed by atoms with van der Waals surface area (Å²) in [7, 11) is 0. The number of thiophene rings is 1. The Morgan fingerprint density at radius 1 is 1.23 bits per heavy atom. The van der Waals surface area contributed by atoms with Crippen LogP contribution in [0, 0.1) is 6.92 Å². The third kappa shape index (κ3) is 3.82. The van der Waals surface area contributed by atoms with Crippen molar-refractivity contribution in [3.63, 3.8) is 0 Å². The van der Waals surface area contributed by atoms with Gasteiger partial charge in [0.2, 0.25) is 0 Å². The molecule has 4 rings (SSSR count). The number of rotatable bonds is 3. The molecule has 138 valence electrons. The van der Waals surface area contributed by atoms with Crippen molar-refractivity contribution in [2.24, 2.45) is 0 Å². The predicted molar refractivity (Wildman–Crippen MR) is 105 cm³/mol. The van der Waals surface area contributed by atoms with E-state index in [1.165, 1.54) is 35.4 Å². The van der Waals surface area contributed by atoms with Crippen molar-refractivity contribution in [1.82, 2.24) is 15.3 Å². The van der Waals surface area contributed by atoms with E-state index in [1.54, 1.807) is 0 Å². The van der Waals surface area contributed by atoms with Gasteiger partial charge in [0.15, 0.2) is 0 Å². The van der Waals surface area contributed by atoms with Gasteiger partial charge in [0.1, 0.15) is 11.6 Å². The highest BCUT2D eigenvalue weighted by molar-refractivity contribution is 7.14. The van der Waals surface area contributed by atoms with E-state index in [-0.39, 0.29) is 12.1 Å². The summed E-state index contributed by atoms with van der Waals surface area (Å²) in [5.74, 6) is 2.00. The van der Waals surface area contributed by atoms with Gasteiger partial charge in [0, 0.05) is 30.4 Å². The van der Waals surface area contributed by atoms with Crippen molar-refractivity contribution in [2.45, 2.75) is 51.5 Å². The third-order valence-electron chi connectivity index (χ3n) is 5.16. The summed E-state index contributed by atoms with van der Waals surface area (Å²) in [5.41, 5.74) is 2.60. The first kappa shape index (κ1) is 17.3. The lowest BCUT2D eigenvalue weighted by molar-refractivity contribution is 0.246. The van der Waals surface area contributed by atoms with Crippen molar-refractivity contribution in [2.75, 3.05) is 23.3 Å². The van der Waals surface area contributed by atoms with E-state index >= 15 is 0 Å². The van der Waals surface area contributed by atoms with Crippen LogP contribution in [-0.2, 0) is 12.8 Å². The van der Waals surface area contributed by atoms with Crippen LogP contribution in [0.15, 0.2) is 17.5 Å². The molecule has 0 aromatic carbocycles. The highest BCUT2D eigenvalue weighted by Gasteiger charge is 2.26. The van der Waals surface area contributed by atoms with Gasteiger partial charge in [-0.2, -0.15) is 0 Å². The zero-order valence-corrected chi connectivity index (χ0v) is 15.9. The van der Waals surface area contributed by atoms with Crippen LogP contribution in [0.25, 0.3) is 0 Å². The van der Waals surface area contributed by atoms with Crippen molar-refractivity contribution in [3.05, 3.63) is 34.6 Å². The Bertz CT molecular complexity index is 768. The summed E-state index contributed by atoms with van der Waals surface area (Å²) < 4.78 is 0. The molecule has 0 atom stereocenters. The lowest BCUT2D eigenvalue weighted by atomic mass is 9.95. The SMILES string of the molecule is Cc1nc2c(c(N3CCC(NC(=O)Nc4cccs4)CC3)n1)CCCC2. The molecule has 2 amide bonds. The molecule has 1 aliphatic heterocycles. The van der Waals surface area contributed by atoms with Crippen LogP contribution in [0.5, 0.6) is 0 Å². The number of nitrogens with zero attached hydrogens (tertiary/aromatic N) is 3. The van der Waals surface area contributed by atoms with E-state index in [4.69, 9.17) is 4.98 Å². The number of nitrogens with one attached hydrogen (secondary N) is 2. The van der Waals surface area contributed by atoms with Crippen LogP contribution >= 0.6 is 11.3 Å². The minimum absolute atomic E-state index is 0.110. The fraction of sp³-hybridized carbons (Fsp3) is 0.526. The number of urea groups is 1. The van der Waals surface area contributed by atoms with Crippen LogP contribution < -0.4 is 15.5 Å². The van der Waals surface area contributed by atoms with Crippen molar-refractivity contribution < 1.29 is 4.79 Å². The normalized spacial score (nSPS) is 17.7. The molecule has 6 nitrogen and oxygen atoms in total. The van der Waals surface area contributed by atoms with Gasteiger partial charge in [-0.05, 0) is 63.0 Å². The second-order valence-corrected chi connectivity index (χ2v) is 8.01. The van der Waals surface area contributed by atoms with Gasteiger partial charge in [-0.15, -0.1) is 11.3 Å². The maximum Gasteiger partial charge on any atom is 0.320 e. The quantitative estimate of drug-likeness (QED) is 0.866. The lowest BCUT2D eigenvalue weighted by Crippen LogP contribution is -2.46. The Hall–Kier alpha value is -2.15. The zero-order chi connectivity index (χ0) is 17.9. The number of aromatic nitrogens is 2. The van der Waals surface area contributed by atoms with E-state index in [0.717, 1.165) is 55.4 Å². The minimum Gasteiger partial charge on any atom is -0.356 e. The lowest BCUT2D eigenvalue weighted by Gasteiger charge is -2.35. The van der Waals surface area contributed by atoms with E-state index in [9.17, 15) is 4.79 Å². The maximum atomic E-state index is 12.1. The molecule has 3 heterocycles. The van der Waals surface area contributed by atoms with E-state index in [1.807, 2.05) is 24.4 Å². The minimum atomic E-state index is -0.110. The Balaban J connectivity index is 1.36. The summed E-state index contributed by atoms with van der Waals surface area (Å²) in [6.07, 6.45) is 6.51. The van der Waals surface area contributed by atoms with Gasteiger partial charge >= 0.3 is 6.03 Å². The maximum absolute atomic E-state index is 12.1. The largest absolute Gasteiger partial charge is 0.356 e. The van der Waals surface area contributed by atoms with E-state index in [0.29, 0.717) is 0 Å². The number of carbonyl (C=O) groups excluding carboxylic acids is 1. The van der Waals surface area contributed by atoms with Gasteiger partial charge in [0.05, 0.1) is 5.00 Å². The number of hydrogen-bond donors (Lipinski definition) is 2. The fourth-order valence-electron chi connectivity index (χ4n) is 3.87. The molecule has 0 bridgehead atoms. The van der Waals surface area contributed by atoms with Crippen molar-refractivity contribution in [1.29, 1.82) is 0 Å². The monoisotopic (exact) mass is 371 g/mol. The topological polar surface area (TPSA) is 70.2 Å². The molecular formula is C19H25N5OS. The summed E-state index contributed by atoms with van der Waals surface area (Å²) in [5, 5.41) is 8.83. The van der Waals surface area contributed by atoms with Gasteiger partial charge in [-0.3, -0.25) is 5.32 Å². The van der Waals surface area contributed by atoms with Crippen LogP contribution in [0.4, 0.5) is 15.6 Å². The Labute approximate surface area is 158 Å². The molecule has 1 aliphatic carbocycles. The molecule has 2 aromatic heterocycles. The first-order chi connectivity index (χ1) is 12.7. The standard InChI is InChI=1S/C19H25N5OS/c1-13-20-16-6-3-2-5-15(16)18(21-13)24-10-8-14(9-11-24)22-19(25)23-17-7-4-12-26-17/h4,7,12,14H,2-3,5-6,8-11H2,1H3,(H2,22,23,25). The number of piperidine rings is 1. The summed E-state index contributed by atoms with van der Waals surface area (Å²) >= 11 is 1.53. The molecule has 0 unspecified atom stereocenters. The molecule has 1 fully saturated rings. The van der Waals surface area contributed by atoms with Gasteiger partial charge in [-0.1, -0.05) is 0 Å². The van der Waals surface area contributed by atoms with Gasteiger partial charge < -0.3 is 10.2 Å². The first-order valence-corrected chi connectivity index (χ1v) is 10.3. The molecule has 1 saturated heterocycles. The van der Waals surface area contributed by atoms with Crippen LogP contribution in [0.1, 0.15) is 42.8 Å². The highest BCUT2D eigenvalue weighted by atomic mass is 32.1. The van der Waals surface area contributed by atoms with Crippen LogP contribution in [-0.4, -0.2) is 35.1 Å². The van der Waals surface area contributed by atoms with Crippen molar-refractivity contribution in [3.8, 4) is 0 Å². The molecule has 0 saturated carbocycles. The Morgan fingerprint density at radius 3 is 2.81 bits per heavy atom. The second-order valence-electron chi connectivity index (χ2n) is 7.06. The molecule has 2 aliphatic rings. The molecule has 2 N–H and O–H groups in total. The predicted octanol–water partition coefficient (Wildman–Crippen LogP) is 3.52. The average molecular weight is 372 g/mol. The number of amides is 2. The van der Waals surface area contributed by atoms with Crippen molar-refractivity contribution >= 4 is 28.2 Å². The third-order valence-corrected chi connectivity index (χ3v) is 5.95. The van der Waals surface area contributed by atoms with Gasteiger partial charge in [-0.25, -0.2) is 14.8 Å². The van der Waals surface area contributed by atoms with Gasteiger partial charge in [0.25, 0.3) is 0 Å². The smallest absolute Gasteiger partial charge is 0.320 e. The van der Waals surface area contributed by atoms with E-state index in [2.05, 4.69) is 20.5 Å². The van der Waals surface area contributed by atoms with Crippen LogP contribution in [0.3, 0.4) is 0 Å². The summed E-state index contributed by atoms with van der Waals surface area (Å²) in [6, 6.07) is 3.95. The zero-order valence-electron chi connectivity index (χ0n) is 15.1. The fourth-order valence-corrected chi connectivity index (χ4v) is 4.49. The summed E-state index contributed by atoms with van der Waals surface area (Å²) in [6.45, 7) is 3.83. The van der Waals surface area contributed by atoms with Crippen LogP contribution in [0.2, 0.25) is 0 Å². The molecule has 2 aromatic rings. The highest BCUT2D eigenvalue weighted by Crippen LogP contribution is 2.29. The average Bonchev–Trinajstić information content (AvgIpc) is 3.14. The Morgan fingerprint density at radius 2 is 2.04 bits per heavy atom. The number of carbonyl (C=O) groups is 1. The molecule has 0 radical (unpaired) electrons. The number of aryl methyl sites for hydroxylation is 2. The van der Waals surface area contributed by atoms with E-state index < -0.39 is 0 Å². The molecule has 0 spiro atoms.